The van der Waals surface area contributed by atoms with E-state index < -0.39 is 12.0 Å². The summed E-state index contributed by atoms with van der Waals surface area (Å²) in [5, 5.41) is 16.1. The zero-order valence-corrected chi connectivity index (χ0v) is 12.0. The Labute approximate surface area is 127 Å². The van der Waals surface area contributed by atoms with E-state index in [1.807, 2.05) is 0 Å². The molecule has 2 aromatic heterocycles. The van der Waals surface area contributed by atoms with Gasteiger partial charge in [0.25, 0.3) is 0 Å². The summed E-state index contributed by atoms with van der Waals surface area (Å²) in [5.74, 6) is -0.531. The summed E-state index contributed by atoms with van der Waals surface area (Å²) in [7, 11) is 0. The molecule has 0 radical (unpaired) electrons. The number of aliphatic hydroxyl groups excluding tert-OH is 1. The van der Waals surface area contributed by atoms with Crippen LogP contribution in [-0.2, 0) is 6.18 Å². The zero-order chi connectivity index (χ0) is 15.7. The van der Waals surface area contributed by atoms with Crippen LogP contribution in [0.3, 0.4) is 0 Å². The molecule has 0 unspecified atom stereocenters. The molecule has 0 bridgehead atoms. The predicted octanol–water partition coefficient (Wildman–Crippen LogP) is 2.77. The molecule has 0 aliphatic heterocycles. The molecule has 0 saturated carbocycles. The summed E-state index contributed by atoms with van der Waals surface area (Å²) in [6, 6.07) is 6.55. The van der Waals surface area contributed by atoms with Gasteiger partial charge in [-0.1, -0.05) is 12.1 Å². The van der Waals surface area contributed by atoms with Crippen LogP contribution in [0.4, 0.5) is 13.2 Å². The predicted molar refractivity (Wildman–Crippen MR) is 75.7 cm³/mol. The highest BCUT2D eigenvalue weighted by atomic mass is 32.2. The summed E-state index contributed by atoms with van der Waals surface area (Å²) < 4.78 is 40.4. The van der Waals surface area contributed by atoms with Crippen LogP contribution in [-0.4, -0.2) is 37.0 Å². The minimum absolute atomic E-state index is 0.0113. The number of halogens is 3. The maximum absolute atomic E-state index is 13.1. The van der Waals surface area contributed by atoms with Crippen molar-refractivity contribution in [3.05, 3.63) is 30.1 Å². The number of fused-ring (bicyclic) bond motifs is 3. The summed E-state index contributed by atoms with van der Waals surface area (Å²) >= 11 is 1.25. The molecule has 1 N–H and O–H groups in total. The maximum Gasteiger partial charge on any atom is 0.452 e. The van der Waals surface area contributed by atoms with Crippen molar-refractivity contribution < 1.29 is 18.3 Å². The van der Waals surface area contributed by atoms with Gasteiger partial charge in [0, 0.05) is 12.4 Å². The van der Waals surface area contributed by atoms with Crippen molar-refractivity contribution >= 4 is 28.4 Å². The third-order valence-electron chi connectivity index (χ3n) is 2.99. The second-order valence-electron chi connectivity index (χ2n) is 4.51. The molecule has 0 aliphatic rings. The molecule has 3 aromatic rings. The number of aliphatic hydroxyl groups is 1. The zero-order valence-electron chi connectivity index (χ0n) is 11.2. The number of thioether (sulfide) groups is 1. The normalized spacial score (nSPS) is 12.4. The fourth-order valence-electron chi connectivity index (χ4n) is 2.07. The van der Waals surface area contributed by atoms with Crippen LogP contribution in [0.15, 0.2) is 29.3 Å². The van der Waals surface area contributed by atoms with E-state index in [2.05, 4.69) is 15.2 Å². The highest BCUT2D eigenvalue weighted by Crippen LogP contribution is 2.32. The van der Waals surface area contributed by atoms with Gasteiger partial charge in [0.1, 0.15) is 5.03 Å². The van der Waals surface area contributed by atoms with Crippen molar-refractivity contribution in [3.63, 3.8) is 0 Å². The second kappa shape index (κ2) is 5.73. The van der Waals surface area contributed by atoms with Gasteiger partial charge in [-0.25, -0.2) is 4.98 Å². The molecule has 116 valence electrons. The molecule has 0 atom stereocenters. The lowest BCUT2D eigenvalue weighted by molar-refractivity contribution is -0.145. The lowest BCUT2D eigenvalue weighted by Gasteiger charge is -2.09. The van der Waals surface area contributed by atoms with Crippen LogP contribution in [0.2, 0.25) is 0 Å². The van der Waals surface area contributed by atoms with Crippen LogP contribution in [0.25, 0.3) is 16.7 Å². The Morgan fingerprint density at radius 2 is 1.95 bits per heavy atom. The fourth-order valence-corrected chi connectivity index (χ4v) is 2.96. The molecule has 5 nitrogen and oxygen atoms in total. The molecule has 1 aromatic carbocycles. The molecule has 9 heteroatoms. The van der Waals surface area contributed by atoms with E-state index in [1.165, 1.54) is 11.8 Å². The lowest BCUT2D eigenvalue weighted by atomic mass is 10.3. The van der Waals surface area contributed by atoms with Crippen molar-refractivity contribution in [2.24, 2.45) is 0 Å². The molecular formula is C13H11F3N4OS. The van der Waals surface area contributed by atoms with Crippen molar-refractivity contribution in [1.82, 2.24) is 19.6 Å². The van der Waals surface area contributed by atoms with Gasteiger partial charge < -0.3 is 5.11 Å². The summed E-state index contributed by atoms with van der Waals surface area (Å²) in [5.41, 5.74) is 0.821. The van der Waals surface area contributed by atoms with E-state index >= 15 is 0 Å². The van der Waals surface area contributed by atoms with Gasteiger partial charge >= 0.3 is 6.18 Å². The van der Waals surface area contributed by atoms with Crippen LogP contribution >= 0.6 is 11.8 Å². The summed E-state index contributed by atoms with van der Waals surface area (Å²) in [4.78, 5) is 4.36. The largest absolute Gasteiger partial charge is 0.452 e. The Balaban J connectivity index is 2.26. The molecule has 0 amide bonds. The Morgan fingerprint density at radius 1 is 1.18 bits per heavy atom. The van der Waals surface area contributed by atoms with Crippen LogP contribution in [0.5, 0.6) is 0 Å². The quantitative estimate of drug-likeness (QED) is 0.589. The van der Waals surface area contributed by atoms with Gasteiger partial charge in [-0.3, -0.25) is 4.40 Å². The Morgan fingerprint density at radius 3 is 2.68 bits per heavy atom. The minimum atomic E-state index is -4.60. The first-order valence-electron chi connectivity index (χ1n) is 6.47. The van der Waals surface area contributed by atoms with Crippen molar-refractivity contribution in [1.29, 1.82) is 0 Å². The van der Waals surface area contributed by atoms with Gasteiger partial charge in [0.15, 0.2) is 5.65 Å². The third-order valence-corrected chi connectivity index (χ3v) is 4.03. The Bertz CT molecular complexity index is 818. The van der Waals surface area contributed by atoms with Gasteiger partial charge in [-0.15, -0.1) is 22.0 Å². The molecular weight excluding hydrogens is 317 g/mol. The highest BCUT2D eigenvalue weighted by Gasteiger charge is 2.38. The average Bonchev–Trinajstić information content (AvgIpc) is 2.93. The number of aromatic nitrogens is 4. The molecule has 0 fully saturated rings. The van der Waals surface area contributed by atoms with Crippen molar-refractivity contribution in [2.45, 2.75) is 17.6 Å². The highest BCUT2D eigenvalue weighted by molar-refractivity contribution is 7.99. The van der Waals surface area contributed by atoms with Crippen LogP contribution in [0, 0.1) is 0 Å². The first-order chi connectivity index (χ1) is 10.5. The van der Waals surface area contributed by atoms with E-state index in [4.69, 9.17) is 5.11 Å². The SMILES string of the molecule is OCCCSc1nc2ccccc2n2c(C(F)(F)F)nnc12. The van der Waals surface area contributed by atoms with E-state index in [9.17, 15) is 13.2 Å². The molecule has 0 saturated heterocycles. The van der Waals surface area contributed by atoms with E-state index in [-0.39, 0.29) is 12.3 Å². The standard InChI is InChI=1S/C13H11F3N4OS/c14-13(15,16)12-19-18-10-11(22-7-3-6-21)17-8-4-1-2-5-9(8)20(10)12/h1-2,4-5,21H,3,6-7H2. The van der Waals surface area contributed by atoms with Gasteiger partial charge in [-0.2, -0.15) is 13.2 Å². The molecule has 0 aliphatic carbocycles. The van der Waals surface area contributed by atoms with Crippen LogP contribution < -0.4 is 0 Å². The molecule has 2 heterocycles. The lowest BCUT2D eigenvalue weighted by Crippen LogP contribution is -2.11. The van der Waals surface area contributed by atoms with Crippen molar-refractivity contribution in [3.8, 4) is 0 Å². The van der Waals surface area contributed by atoms with E-state index in [0.29, 0.717) is 28.2 Å². The van der Waals surface area contributed by atoms with Crippen LogP contribution in [0.1, 0.15) is 12.2 Å². The van der Waals surface area contributed by atoms with Crippen molar-refractivity contribution in [2.75, 3.05) is 12.4 Å². The average molecular weight is 328 g/mol. The van der Waals surface area contributed by atoms with Gasteiger partial charge in [-0.05, 0) is 18.6 Å². The first-order valence-corrected chi connectivity index (χ1v) is 7.45. The number of hydrogen-bond acceptors (Lipinski definition) is 5. The smallest absolute Gasteiger partial charge is 0.396 e. The summed E-state index contributed by atoms with van der Waals surface area (Å²) in [6.07, 6.45) is -4.08. The van der Waals surface area contributed by atoms with Gasteiger partial charge in [0.2, 0.25) is 5.82 Å². The topological polar surface area (TPSA) is 63.3 Å². The number of alkyl halides is 3. The number of hydrogen-bond donors (Lipinski definition) is 1. The first kappa shape index (κ1) is 15.0. The molecule has 3 rings (SSSR count). The maximum atomic E-state index is 13.1. The fraction of sp³-hybridized carbons (Fsp3) is 0.308. The second-order valence-corrected chi connectivity index (χ2v) is 5.60. The number of benzene rings is 1. The Kier molecular flexibility index (Phi) is 3.92. The van der Waals surface area contributed by atoms with E-state index in [0.717, 1.165) is 4.40 Å². The van der Waals surface area contributed by atoms with E-state index in [1.54, 1.807) is 24.3 Å². The third kappa shape index (κ3) is 2.61. The summed E-state index contributed by atoms with van der Waals surface area (Å²) in [6.45, 7) is 0.0113. The van der Waals surface area contributed by atoms with Gasteiger partial charge in [0.05, 0.1) is 11.0 Å². The Hall–Kier alpha value is -1.87. The number of para-hydroxylation sites is 2. The minimum Gasteiger partial charge on any atom is -0.396 e. The monoisotopic (exact) mass is 328 g/mol. The molecule has 0 spiro atoms. The number of rotatable bonds is 4. The molecule has 22 heavy (non-hydrogen) atoms. The number of nitrogens with zero attached hydrogens (tertiary/aromatic N) is 4.